The number of halogens is 3. The van der Waals surface area contributed by atoms with Crippen molar-refractivity contribution in [3.63, 3.8) is 0 Å². The van der Waals surface area contributed by atoms with Gasteiger partial charge < -0.3 is 24.8 Å². The second-order valence-electron chi connectivity index (χ2n) is 7.58. The van der Waals surface area contributed by atoms with Gasteiger partial charge in [-0.2, -0.15) is 0 Å². The van der Waals surface area contributed by atoms with Crippen LogP contribution in [0, 0.1) is 0 Å². The highest BCUT2D eigenvalue weighted by Crippen LogP contribution is 2.39. The zero-order chi connectivity index (χ0) is 20.5. The number of guanidine groups is 1. The molecule has 2 aliphatic heterocycles. The van der Waals surface area contributed by atoms with E-state index in [0.717, 1.165) is 83.3 Å². The lowest BCUT2D eigenvalue weighted by Crippen LogP contribution is -2.48. The van der Waals surface area contributed by atoms with Crippen LogP contribution in [0.15, 0.2) is 23.2 Å². The van der Waals surface area contributed by atoms with Crippen LogP contribution in [0.1, 0.15) is 31.2 Å². The molecule has 0 aromatic heterocycles. The molecule has 0 saturated carbocycles. The van der Waals surface area contributed by atoms with E-state index in [1.54, 1.807) is 7.05 Å². The van der Waals surface area contributed by atoms with Gasteiger partial charge in [0.1, 0.15) is 0 Å². The van der Waals surface area contributed by atoms with Crippen molar-refractivity contribution in [2.24, 2.45) is 4.99 Å². The highest BCUT2D eigenvalue weighted by atomic mass is 127. The van der Waals surface area contributed by atoms with Gasteiger partial charge >= 0.3 is 0 Å². The van der Waals surface area contributed by atoms with E-state index in [1.807, 2.05) is 18.2 Å². The Balaban J connectivity index is 0.00000320. The van der Waals surface area contributed by atoms with Crippen molar-refractivity contribution in [2.75, 3.05) is 53.2 Å². The highest BCUT2D eigenvalue weighted by Gasteiger charge is 2.36. The van der Waals surface area contributed by atoms with Crippen LogP contribution in [0.25, 0.3) is 0 Å². The van der Waals surface area contributed by atoms with Gasteiger partial charge in [-0.1, -0.05) is 29.3 Å². The average Bonchev–Trinajstić information content (AvgIpc) is 3.24. The number of nitrogens with zero attached hydrogens (tertiary/aromatic N) is 1. The summed E-state index contributed by atoms with van der Waals surface area (Å²) in [6.45, 7) is 5.21. The van der Waals surface area contributed by atoms with E-state index in [4.69, 9.17) is 37.4 Å². The first kappa shape index (κ1) is 25.9. The Hall–Kier alpha value is -0.320. The molecule has 2 saturated heterocycles. The molecule has 0 aliphatic carbocycles. The number of ether oxygens (including phenoxy) is 3. The fraction of sp³-hybridized carbons (Fsp3) is 0.667. The summed E-state index contributed by atoms with van der Waals surface area (Å²) in [6, 6.07) is 5.76. The minimum absolute atomic E-state index is 0. The lowest BCUT2D eigenvalue weighted by atomic mass is 9.74. The van der Waals surface area contributed by atoms with Crippen molar-refractivity contribution in [3.8, 4) is 0 Å². The van der Waals surface area contributed by atoms with Gasteiger partial charge in [-0.3, -0.25) is 4.99 Å². The average molecular weight is 572 g/mol. The molecule has 0 bridgehead atoms. The molecule has 0 amide bonds. The van der Waals surface area contributed by atoms with Crippen molar-refractivity contribution < 1.29 is 14.2 Å². The maximum absolute atomic E-state index is 6.55. The third kappa shape index (κ3) is 7.38. The zero-order valence-electron chi connectivity index (χ0n) is 17.4. The lowest BCUT2D eigenvalue weighted by molar-refractivity contribution is 0.0419. The number of benzene rings is 1. The number of hydrogen-bond acceptors (Lipinski definition) is 4. The molecule has 1 aromatic rings. The number of hydrogen-bond donors (Lipinski definition) is 2. The molecule has 2 aliphatic rings. The Labute approximate surface area is 206 Å². The van der Waals surface area contributed by atoms with E-state index in [2.05, 4.69) is 15.6 Å². The molecule has 0 radical (unpaired) electrons. The van der Waals surface area contributed by atoms with Gasteiger partial charge in [-0.25, -0.2) is 0 Å². The van der Waals surface area contributed by atoms with Crippen LogP contribution >= 0.6 is 47.2 Å². The Morgan fingerprint density at radius 2 is 2.00 bits per heavy atom. The van der Waals surface area contributed by atoms with Crippen molar-refractivity contribution in [1.29, 1.82) is 0 Å². The maximum atomic E-state index is 6.55. The SMILES string of the molecule is CN=C(NCCCOC1CCOC1)NCC1(c2ccc(Cl)cc2Cl)CCOCC1.I. The summed E-state index contributed by atoms with van der Waals surface area (Å²) in [5.41, 5.74) is 1.00. The fourth-order valence-corrected chi connectivity index (χ4v) is 4.48. The van der Waals surface area contributed by atoms with Gasteiger partial charge in [-0.05, 0) is 43.4 Å². The van der Waals surface area contributed by atoms with E-state index in [-0.39, 0.29) is 35.5 Å². The summed E-state index contributed by atoms with van der Waals surface area (Å²) >= 11 is 12.7. The predicted octanol–water partition coefficient (Wildman–Crippen LogP) is 4.02. The van der Waals surface area contributed by atoms with Crippen LogP contribution in [0.5, 0.6) is 0 Å². The molecular formula is C21H32Cl2IN3O3. The summed E-state index contributed by atoms with van der Waals surface area (Å²) in [4.78, 5) is 4.36. The smallest absolute Gasteiger partial charge is 0.191 e. The summed E-state index contributed by atoms with van der Waals surface area (Å²) in [7, 11) is 1.79. The molecule has 30 heavy (non-hydrogen) atoms. The number of rotatable bonds is 8. The minimum atomic E-state index is -0.108. The Bertz CT molecular complexity index is 681. The van der Waals surface area contributed by atoms with E-state index < -0.39 is 0 Å². The van der Waals surface area contributed by atoms with Crippen LogP contribution in [-0.4, -0.2) is 65.2 Å². The standard InChI is InChI=1S/C21H31Cl2N3O3.HI/c1-24-20(25-8-2-9-29-17-5-10-28-14-17)26-15-21(6-11-27-12-7-21)18-4-3-16(22)13-19(18)23;/h3-4,13,17H,2,5-12,14-15H2,1H3,(H2,24,25,26);1H. The van der Waals surface area contributed by atoms with E-state index in [0.29, 0.717) is 10.0 Å². The first-order valence-corrected chi connectivity index (χ1v) is 11.1. The first-order valence-electron chi connectivity index (χ1n) is 10.3. The van der Waals surface area contributed by atoms with Crippen LogP contribution in [-0.2, 0) is 19.6 Å². The third-order valence-corrected chi connectivity index (χ3v) is 6.17. The summed E-state index contributed by atoms with van der Waals surface area (Å²) in [5, 5.41) is 8.21. The first-order chi connectivity index (χ1) is 14.1. The topological polar surface area (TPSA) is 64.1 Å². The molecule has 1 aromatic carbocycles. The molecular weight excluding hydrogens is 540 g/mol. The molecule has 2 heterocycles. The quantitative estimate of drug-likeness (QED) is 0.214. The van der Waals surface area contributed by atoms with Crippen molar-refractivity contribution >= 4 is 53.1 Å². The highest BCUT2D eigenvalue weighted by molar-refractivity contribution is 14.0. The predicted molar refractivity (Wildman–Crippen MR) is 133 cm³/mol. The van der Waals surface area contributed by atoms with Gasteiger partial charge in [-0.15, -0.1) is 24.0 Å². The molecule has 2 fully saturated rings. The largest absolute Gasteiger partial charge is 0.381 e. The second-order valence-corrected chi connectivity index (χ2v) is 8.42. The van der Waals surface area contributed by atoms with Crippen molar-refractivity contribution in [3.05, 3.63) is 33.8 Å². The van der Waals surface area contributed by atoms with Crippen LogP contribution < -0.4 is 10.6 Å². The molecule has 0 spiro atoms. The van der Waals surface area contributed by atoms with Gasteiger partial charge in [0.25, 0.3) is 0 Å². The molecule has 2 N–H and O–H groups in total. The van der Waals surface area contributed by atoms with Crippen LogP contribution in [0.3, 0.4) is 0 Å². The Morgan fingerprint density at radius 1 is 1.20 bits per heavy atom. The van der Waals surface area contributed by atoms with E-state index in [1.165, 1.54) is 0 Å². The third-order valence-electron chi connectivity index (χ3n) is 5.63. The summed E-state index contributed by atoms with van der Waals surface area (Å²) < 4.78 is 16.7. The van der Waals surface area contributed by atoms with E-state index >= 15 is 0 Å². The Kier molecular flexibility index (Phi) is 11.5. The molecule has 3 rings (SSSR count). The Morgan fingerprint density at radius 3 is 2.67 bits per heavy atom. The van der Waals surface area contributed by atoms with Crippen molar-refractivity contribution in [1.82, 2.24) is 10.6 Å². The second kappa shape index (κ2) is 13.3. The van der Waals surface area contributed by atoms with Crippen molar-refractivity contribution in [2.45, 2.75) is 37.2 Å². The minimum Gasteiger partial charge on any atom is -0.381 e. The lowest BCUT2D eigenvalue weighted by Gasteiger charge is -2.39. The zero-order valence-corrected chi connectivity index (χ0v) is 21.3. The number of nitrogens with one attached hydrogen (secondary N) is 2. The summed E-state index contributed by atoms with van der Waals surface area (Å²) in [6.07, 6.45) is 3.96. The molecule has 9 heteroatoms. The monoisotopic (exact) mass is 571 g/mol. The van der Waals surface area contributed by atoms with Crippen LogP contribution in [0.2, 0.25) is 10.0 Å². The molecule has 1 atom stereocenters. The summed E-state index contributed by atoms with van der Waals surface area (Å²) in [5.74, 6) is 0.783. The van der Waals surface area contributed by atoms with Crippen LogP contribution in [0.4, 0.5) is 0 Å². The molecule has 6 nitrogen and oxygen atoms in total. The molecule has 1 unspecified atom stereocenters. The van der Waals surface area contributed by atoms with Gasteiger partial charge in [0.05, 0.1) is 12.7 Å². The van der Waals surface area contributed by atoms with E-state index in [9.17, 15) is 0 Å². The molecule has 170 valence electrons. The van der Waals surface area contributed by atoms with Gasteiger partial charge in [0, 0.05) is 62.0 Å². The van der Waals surface area contributed by atoms with Gasteiger partial charge in [0.2, 0.25) is 0 Å². The van der Waals surface area contributed by atoms with Gasteiger partial charge in [0.15, 0.2) is 5.96 Å². The fourth-order valence-electron chi connectivity index (χ4n) is 3.87. The number of aliphatic imine (C=N–C) groups is 1. The maximum Gasteiger partial charge on any atom is 0.191 e. The normalized spacial score (nSPS) is 21.2.